The zero-order valence-electron chi connectivity index (χ0n) is 26.9. The minimum absolute atomic E-state index is 0.441. The fourth-order valence-corrected chi connectivity index (χ4v) is 10.0. The Labute approximate surface area is 286 Å². The van der Waals surface area contributed by atoms with E-state index in [1.54, 1.807) is 0 Å². The van der Waals surface area contributed by atoms with Gasteiger partial charge in [-0.05, 0) is 107 Å². The average molecular weight is 631 g/mol. The van der Waals surface area contributed by atoms with Gasteiger partial charge in [0.2, 0.25) is 0 Å². The van der Waals surface area contributed by atoms with Crippen LogP contribution in [0.25, 0.3) is 66.1 Å². The minimum Gasteiger partial charge on any atom is -0.117 e. The highest BCUT2D eigenvalue weighted by atomic mass is 32.2. The van der Waals surface area contributed by atoms with Crippen LogP contribution in [0.3, 0.4) is 0 Å². The third-order valence-corrected chi connectivity index (χ3v) is 12.2. The van der Waals surface area contributed by atoms with E-state index >= 15 is 0 Å². The van der Waals surface area contributed by atoms with E-state index in [0.29, 0.717) is 17.1 Å². The molecule has 0 aromatic heterocycles. The van der Waals surface area contributed by atoms with Crippen LogP contribution in [0.2, 0.25) is 0 Å². The smallest absolute Gasteiger partial charge is 0.0381 e. The standard InChI is InChI=1S/C47H34S/c1-29-27-42-45(33-25-26-44-41(28-33)37-15-8-9-20-43(37)48-44)39-17-6-7-18-40(39)46(47(42)38-16-5-4-13-34(29)38)32-23-21-31(22-24-32)36-19-10-12-30-11-2-3-14-35(30)36/h2-26,28-29,37,43H,27H2,1H3. The molecule has 1 heteroatoms. The second-order valence-electron chi connectivity index (χ2n) is 13.6. The first-order valence-electron chi connectivity index (χ1n) is 17.1. The van der Waals surface area contributed by atoms with Crippen LogP contribution in [0.5, 0.6) is 0 Å². The summed E-state index contributed by atoms with van der Waals surface area (Å²) >= 11 is 2.01. The maximum Gasteiger partial charge on any atom is 0.0381 e. The second-order valence-corrected chi connectivity index (χ2v) is 14.8. The second kappa shape index (κ2) is 11.0. The molecule has 48 heavy (non-hydrogen) atoms. The van der Waals surface area contributed by atoms with Crippen molar-refractivity contribution in [1.82, 2.24) is 0 Å². The van der Waals surface area contributed by atoms with Crippen molar-refractivity contribution in [3.05, 3.63) is 174 Å². The molecule has 0 radical (unpaired) electrons. The van der Waals surface area contributed by atoms with Crippen LogP contribution in [0.4, 0.5) is 0 Å². The lowest BCUT2D eigenvalue weighted by atomic mass is 9.72. The number of benzene rings is 7. The number of rotatable bonds is 3. The van der Waals surface area contributed by atoms with Crippen molar-refractivity contribution in [1.29, 1.82) is 0 Å². The van der Waals surface area contributed by atoms with Gasteiger partial charge in [0, 0.05) is 16.1 Å². The molecule has 7 aromatic rings. The number of fused-ring (bicyclic) bond motifs is 8. The highest BCUT2D eigenvalue weighted by molar-refractivity contribution is 8.00. The van der Waals surface area contributed by atoms with Gasteiger partial charge < -0.3 is 0 Å². The monoisotopic (exact) mass is 630 g/mol. The molecule has 10 rings (SSSR count). The molecule has 0 fully saturated rings. The number of thioether (sulfide) groups is 1. The third-order valence-electron chi connectivity index (χ3n) is 10.9. The molecule has 1 heterocycles. The van der Waals surface area contributed by atoms with Gasteiger partial charge in [-0.1, -0.05) is 153 Å². The highest BCUT2D eigenvalue weighted by Crippen LogP contribution is 2.54. The average Bonchev–Trinajstić information content (AvgIpc) is 3.52. The highest BCUT2D eigenvalue weighted by Gasteiger charge is 2.33. The summed E-state index contributed by atoms with van der Waals surface area (Å²) in [4.78, 5) is 1.42. The van der Waals surface area contributed by atoms with Gasteiger partial charge in [-0.3, -0.25) is 0 Å². The van der Waals surface area contributed by atoms with E-state index in [4.69, 9.17) is 0 Å². The van der Waals surface area contributed by atoms with Crippen molar-refractivity contribution in [2.24, 2.45) is 0 Å². The fraction of sp³-hybridized carbons (Fsp3) is 0.106. The summed E-state index contributed by atoms with van der Waals surface area (Å²) < 4.78 is 0. The Hall–Kier alpha value is -5.11. The van der Waals surface area contributed by atoms with E-state index < -0.39 is 0 Å². The van der Waals surface area contributed by atoms with Crippen LogP contribution in [0.1, 0.15) is 35.4 Å². The van der Waals surface area contributed by atoms with Gasteiger partial charge in [-0.25, -0.2) is 0 Å². The van der Waals surface area contributed by atoms with E-state index in [0.717, 1.165) is 6.42 Å². The van der Waals surface area contributed by atoms with Gasteiger partial charge in [0.1, 0.15) is 0 Å². The lowest BCUT2D eigenvalue weighted by molar-refractivity contribution is 0.751. The van der Waals surface area contributed by atoms with Crippen LogP contribution < -0.4 is 0 Å². The predicted octanol–water partition coefficient (Wildman–Crippen LogP) is 13.0. The van der Waals surface area contributed by atoms with Crippen molar-refractivity contribution >= 4 is 33.3 Å². The topological polar surface area (TPSA) is 0 Å². The Balaban J connectivity index is 1.22. The van der Waals surface area contributed by atoms with Gasteiger partial charge in [-0.2, -0.15) is 0 Å². The maximum absolute atomic E-state index is 2.52. The summed E-state index contributed by atoms with van der Waals surface area (Å²) in [6.45, 7) is 2.41. The molecule has 0 amide bonds. The number of hydrogen-bond donors (Lipinski definition) is 0. The van der Waals surface area contributed by atoms with Crippen molar-refractivity contribution < 1.29 is 0 Å². The lowest BCUT2D eigenvalue weighted by Gasteiger charge is -2.31. The molecule has 0 saturated carbocycles. The zero-order valence-corrected chi connectivity index (χ0v) is 27.7. The molecule has 1 aliphatic heterocycles. The number of hydrogen-bond acceptors (Lipinski definition) is 1. The largest absolute Gasteiger partial charge is 0.117 e. The molecule has 3 aliphatic rings. The summed E-state index contributed by atoms with van der Waals surface area (Å²) in [6, 6.07) is 50.3. The van der Waals surface area contributed by atoms with Crippen molar-refractivity contribution in [2.75, 3.05) is 0 Å². The molecular formula is C47H34S. The van der Waals surface area contributed by atoms with Crippen LogP contribution in [-0.2, 0) is 6.42 Å². The Bertz CT molecular complexity index is 2470. The summed E-state index contributed by atoms with van der Waals surface area (Å²) in [7, 11) is 0. The molecular weight excluding hydrogens is 597 g/mol. The summed E-state index contributed by atoms with van der Waals surface area (Å²) in [5, 5.41) is 5.73. The molecule has 0 N–H and O–H groups in total. The van der Waals surface area contributed by atoms with Crippen LogP contribution >= 0.6 is 11.8 Å². The van der Waals surface area contributed by atoms with Crippen molar-refractivity contribution in [3.8, 4) is 44.5 Å². The van der Waals surface area contributed by atoms with Gasteiger partial charge in [0.05, 0.1) is 0 Å². The molecule has 0 nitrogen and oxygen atoms in total. The Morgan fingerprint density at radius 1 is 0.521 bits per heavy atom. The summed E-state index contributed by atoms with van der Waals surface area (Å²) in [6.07, 6.45) is 10.2. The normalized spacial score (nSPS) is 18.8. The molecule has 3 unspecified atom stereocenters. The summed E-state index contributed by atoms with van der Waals surface area (Å²) in [5.74, 6) is 0.882. The fourth-order valence-electron chi connectivity index (χ4n) is 8.69. The predicted molar refractivity (Wildman–Crippen MR) is 206 cm³/mol. The van der Waals surface area contributed by atoms with E-state index in [1.807, 2.05) is 11.8 Å². The van der Waals surface area contributed by atoms with Gasteiger partial charge in [0.25, 0.3) is 0 Å². The van der Waals surface area contributed by atoms with Crippen LogP contribution in [0.15, 0.2) is 163 Å². The first-order chi connectivity index (χ1) is 23.7. The minimum atomic E-state index is 0.441. The Morgan fingerprint density at radius 3 is 2.06 bits per heavy atom. The van der Waals surface area contributed by atoms with Gasteiger partial charge in [0.15, 0.2) is 0 Å². The molecule has 0 spiro atoms. The quantitative estimate of drug-likeness (QED) is 0.187. The van der Waals surface area contributed by atoms with Crippen molar-refractivity contribution in [2.45, 2.75) is 35.3 Å². The van der Waals surface area contributed by atoms with E-state index in [9.17, 15) is 0 Å². The number of allylic oxidation sites excluding steroid dienone is 3. The van der Waals surface area contributed by atoms with Gasteiger partial charge >= 0.3 is 0 Å². The molecule has 3 atom stereocenters. The maximum atomic E-state index is 2.52. The molecule has 0 saturated heterocycles. The molecule has 2 aliphatic carbocycles. The SMILES string of the molecule is CC1Cc2c(c(-c3ccc(-c4cccc5ccccc45)cc3)c3ccccc3c2-c2ccc3c(c2)C2C=CC=CC2S3)-c2ccccc21. The molecule has 7 aromatic carbocycles. The van der Waals surface area contributed by atoms with Gasteiger partial charge in [-0.15, -0.1) is 11.8 Å². The lowest BCUT2D eigenvalue weighted by Crippen LogP contribution is -2.12. The Morgan fingerprint density at radius 2 is 1.19 bits per heavy atom. The van der Waals surface area contributed by atoms with E-state index in [2.05, 4.69) is 165 Å². The van der Waals surface area contributed by atoms with E-state index in [1.165, 1.54) is 87.6 Å². The summed E-state index contributed by atoms with van der Waals surface area (Å²) in [5.41, 5.74) is 15.1. The molecule has 0 bridgehead atoms. The van der Waals surface area contributed by atoms with E-state index in [-0.39, 0.29) is 0 Å². The zero-order chi connectivity index (χ0) is 31.8. The molecule has 228 valence electrons. The Kier molecular flexibility index (Phi) is 6.39. The van der Waals surface area contributed by atoms with Crippen LogP contribution in [0, 0.1) is 0 Å². The first-order valence-corrected chi connectivity index (χ1v) is 18.0. The third kappa shape index (κ3) is 4.24. The van der Waals surface area contributed by atoms with Crippen LogP contribution in [-0.4, -0.2) is 5.25 Å². The first kappa shape index (κ1) is 28.0. The van der Waals surface area contributed by atoms with Crippen molar-refractivity contribution in [3.63, 3.8) is 0 Å².